The Balaban J connectivity index is 1.32. The second-order valence-electron chi connectivity index (χ2n) is 6.88. The van der Waals surface area contributed by atoms with Crippen molar-refractivity contribution in [1.82, 2.24) is 25.6 Å². The molecule has 4 rings (SSSR count). The van der Waals surface area contributed by atoms with E-state index in [1.54, 1.807) is 48.0 Å². The van der Waals surface area contributed by atoms with Crippen LogP contribution in [0, 0.1) is 5.82 Å². The van der Waals surface area contributed by atoms with Gasteiger partial charge in [-0.15, -0.1) is 5.10 Å². The molecule has 3 aromatic carbocycles. The fourth-order valence-electron chi connectivity index (χ4n) is 2.85. The van der Waals surface area contributed by atoms with Crippen molar-refractivity contribution >= 4 is 11.6 Å². The highest BCUT2D eigenvalue weighted by Gasteiger charge is 2.06. The summed E-state index contributed by atoms with van der Waals surface area (Å²) >= 11 is 0. The minimum atomic E-state index is -0.334. The molecule has 0 aliphatic rings. The summed E-state index contributed by atoms with van der Waals surface area (Å²) in [5.41, 5.74) is 6.18. The molecule has 0 bridgehead atoms. The van der Waals surface area contributed by atoms with Crippen LogP contribution in [0.25, 0.3) is 5.69 Å². The number of hydrogen-bond acceptors (Lipinski definition) is 6. The first kappa shape index (κ1) is 20.9. The molecule has 0 fully saturated rings. The van der Waals surface area contributed by atoms with Crippen molar-refractivity contribution in [2.75, 3.05) is 0 Å². The largest absolute Gasteiger partial charge is 0.489 e. The fraction of sp³-hybridized carbons (Fsp3) is 0.0870. The Bertz CT molecular complexity index is 1210. The van der Waals surface area contributed by atoms with Gasteiger partial charge in [0.05, 0.1) is 11.4 Å². The number of nitrogens with zero attached hydrogens (tertiary/aromatic N) is 5. The second kappa shape index (κ2) is 9.61. The van der Waals surface area contributed by atoms with E-state index in [0.29, 0.717) is 23.6 Å². The molecule has 9 heteroatoms. The van der Waals surface area contributed by atoms with E-state index >= 15 is 0 Å². The van der Waals surface area contributed by atoms with Gasteiger partial charge in [0.1, 0.15) is 24.5 Å². The second-order valence-corrected chi connectivity index (χ2v) is 6.88. The Morgan fingerprint density at radius 1 is 1.00 bits per heavy atom. The van der Waals surface area contributed by atoms with Crippen LogP contribution >= 0.6 is 0 Å². The molecule has 0 saturated heterocycles. The maximum atomic E-state index is 13.0. The summed E-state index contributed by atoms with van der Waals surface area (Å²) in [6, 6.07) is 20.3. The molecule has 0 saturated carbocycles. The Hall–Kier alpha value is -4.40. The van der Waals surface area contributed by atoms with Gasteiger partial charge >= 0.3 is 0 Å². The highest BCUT2D eigenvalue weighted by Crippen LogP contribution is 2.15. The van der Waals surface area contributed by atoms with E-state index in [0.717, 1.165) is 16.8 Å². The molecule has 1 N–H and O–H groups in total. The van der Waals surface area contributed by atoms with Crippen LogP contribution in [0.3, 0.4) is 0 Å². The molecule has 32 heavy (non-hydrogen) atoms. The number of carbonyl (C=O) groups excluding carboxylic acids is 1. The fourth-order valence-corrected chi connectivity index (χ4v) is 2.85. The van der Waals surface area contributed by atoms with E-state index in [1.165, 1.54) is 18.5 Å². The normalized spacial score (nSPS) is 11.2. The predicted molar refractivity (Wildman–Crippen MR) is 116 cm³/mol. The van der Waals surface area contributed by atoms with E-state index in [2.05, 4.69) is 26.1 Å². The molecule has 0 spiro atoms. The van der Waals surface area contributed by atoms with E-state index in [1.807, 2.05) is 24.3 Å². The van der Waals surface area contributed by atoms with Crippen molar-refractivity contribution in [3.63, 3.8) is 0 Å². The van der Waals surface area contributed by atoms with E-state index in [9.17, 15) is 9.18 Å². The monoisotopic (exact) mass is 430 g/mol. The Kier molecular flexibility index (Phi) is 6.26. The van der Waals surface area contributed by atoms with Gasteiger partial charge in [-0.1, -0.05) is 24.3 Å². The summed E-state index contributed by atoms with van der Waals surface area (Å²) in [6.07, 6.45) is 1.51. The van der Waals surface area contributed by atoms with Gasteiger partial charge in [0.15, 0.2) is 0 Å². The number of halogens is 1. The predicted octanol–water partition coefficient (Wildman–Crippen LogP) is 3.53. The summed E-state index contributed by atoms with van der Waals surface area (Å²) in [4.78, 5) is 12.4. The highest BCUT2D eigenvalue weighted by molar-refractivity contribution is 6.01. The van der Waals surface area contributed by atoms with E-state index < -0.39 is 0 Å². The molecule has 1 aromatic heterocycles. The SMILES string of the molecule is C/C(=N/NC(=O)c1ccc(OCc2ccc(F)cc2)cc1)c1ccc(-n2cnnn2)cc1. The van der Waals surface area contributed by atoms with Gasteiger partial charge < -0.3 is 4.74 Å². The number of aromatic nitrogens is 4. The summed E-state index contributed by atoms with van der Waals surface area (Å²) < 4.78 is 20.2. The number of ether oxygens (including phenoxy) is 1. The van der Waals surface area contributed by atoms with Crippen LogP contribution in [0.15, 0.2) is 84.2 Å². The highest BCUT2D eigenvalue weighted by atomic mass is 19.1. The topological polar surface area (TPSA) is 94.3 Å². The number of benzene rings is 3. The summed E-state index contributed by atoms with van der Waals surface area (Å²) in [6.45, 7) is 2.11. The zero-order valence-corrected chi connectivity index (χ0v) is 17.1. The number of carbonyl (C=O) groups is 1. The lowest BCUT2D eigenvalue weighted by molar-refractivity contribution is 0.0955. The lowest BCUT2D eigenvalue weighted by Gasteiger charge is -2.07. The molecule has 0 aliphatic carbocycles. The molecule has 160 valence electrons. The third-order valence-corrected chi connectivity index (χ3v) is 4.66. The Morgan fingerprint density at radius 3 is 2.34 bits per heavy atom. The average Bonchev–Trinajstić information content (AvgIpc) is 3.37. The molecule has 8 nitrogen and oxygen atoms in total. The molecule has 0 aliphatic heterocycles. The van der Waals surface area contributed by atoms with E-state index in [-0.39, 0.29) is 11.7 Å². The zero-order chi connectivity index (χ0) is 22.3. The van der Waals surface area contributed by atoms with Crippen LogP contribution in [0.4, 0.5) is 4.39 Å². The minimum Gasteiger partial charge on any atom is -0.489 e. The number of rotatable bonds is 7. The maximum Gasteiger partial charge on any atom is 0.271 e. The average molecular weight is 430 g/mol. The lowest BCUT2D eigenvalue weighted by Crippen LogP contribution is -2.19. The molecule has 4 aromatic rings. The number of amides is 1. The van der Waals surface area contributed by atoms with Crippen molar-refractivity contribution in [2.24, 2.45) is 5.10 Å². The van der Waals surface area contributed by atoms with Crippen molar-refractivity contribution in [3.05, 3.63) is 102 Å². The summed E-state index contributed by atoms with van der Waals surface area (Å²) in [7, 11) is 0. The zero-order valence-electron chi connectivity index (χ0n) is 17.1. The number of tetrazole rings is 1. The molecule has 1 heterocycles. The van der Waals surface area contributed by atoms with Gasteiger partial charge in [-0.3, -0.25) is 4.79 Å². The molecule has 0 unspecified atom stereocenters. The van der Waals surface area contributed by atoms with Gasteiger partial charge in [0, 0.05) is 5.56 Å². The number of nitrogens with one attached hydrogen (secondary N) is 1. The summed E-state index contributed by atoms with van der Waals surface area (Å²) in [5.74, 6) is -0.0173. The van der Waals surface area contributed by atoms with Crippen LogP contribution in [0.5, 0.6) is 5.75 Å². The third-order valence-electron chi connectivity index (χ3n) is 4.66. The summed E-state index contributed by atoms with van der Waals surface area (Å²) in [5, 5.41) is 15.2. The molecule has 0 radical (unpaired) electrons. The lowest BCUT2D eigenvalue weighted by atomic mass is 10.1. The molecular weight excluding hydrogens is 411 g/mol. The van der Waals surface area contributed by atoms with Crippen LogP contribution in [-0.4, -0.2) is 31.8 Å². The van der Waals surface area contributed by atoms with E-state index in [4.69, 9.17) is 4.74 Å². The molecule has 1 amide bonds. The Labute approximate surface area is 183 Å². The van der Waals surface area contributed by atoms with Crippen molar-refractivity contribution in [1.29, 1.82) is 0 Å². The minimum absolute atomic E-state index is 0.289. The van der Waals surface area contributed by atoms with Gasteiger partial charge in [0.2, 0.25) is 0 Å². The van der Waals surface area contributed by atoms with Crippen LogP contribution in [-0.2, 0) is 6.61 Å². The van der Waals surface area contributed by atoms with Crippen LogP contribution in [0.1, 0.15) is 28.4 Å². The van der Waals surface area contributed by atoms with Crippen molar-refractivity contribution in [3.8, 4) is 11.4 Å². The molecular formula is C23H19FN6O2. The Morgan fingerprint density at radius 2 is 1.69 bits per heavy atom. The van der Waals surface area contributed by atoms with Crippen molar-refractivity contribution in [2.45, 2.75) is 13.5 Å². The first-order valence-electron chi connectivity index (χ1n) is 9.74. The van der Waals surface area contributed by atoms with Crippen LogP contribution < -0.4 is 10.2 Å². The van der Waals surface area contributed by atoms with Gasteiger partial charge in [-0.2, -0.15) is 5.10 Å². The smallest absolute Gasteiger partial charge is 0.271 e. The van der Waals surface area contributed by atoms with Crippen molar-refractivity contribution < 1.29 is 13.9 Å². The van der Waals surface area contributed by atoms with Gasteiger partial charge in [0.25, 0.3) is 5.91 Å². The standard InChI is InChI=1S/C23H19FN6O2/c1-16(18-4-10-21(11-5-18)30-15-25-28-29-30)26-27-23(31)19-6-12-22(13-7-19)32-14-17-2-8-20(24)9-3-17/h2-13,15H,14H2,1H3,(H,27,31)/b26-16-. The van der Waals surface area contributed by atoms with Gasteiger partial charge in [-0.25, -0.2) is 14.5 Å². The number of hydrogen-bond donors (Lipinski definition) is 1. The number of hydrazone groups is 1. The van der Waals surface area contributed by atoms with Gasteiger partial charge in [-0.05, 0) is 77.0 Å². The maximum absolute atomic E-state index is 13.0. The first-order chi connectivity index (χ1) is 15.6. The van der Waals surface area contributed by atoms with Crippen LogP contribution in [0.2, 0.25) is 0 Å². The quantitative estimate of drug-likeness (QED) is 0.358. The first-order valence-corrected chi connectivity index (χ1v) is 9.74. The molecule has 0 atom stereocenters. The third kappa shape index (κ3) is 5.20.